The van der Waals surface area contributed by atoms with Gasteiger partial charge in [-0.1, -0.05) is 6.92 Å². The minimum Gasteiger partial charge on any atom is -0.382 e. The van der Waals surface area contributed by atoms with Crippen LogP contribution in [-0.4, -0.2) is 65.4 Å². The van der Waals surface area contributed by atoms with Gasteiger partial charge in [0.05, 0.1) is 45.7 Å². The Bertz CT molecular complexity index is 214. The molecule has 120 valence electrons. The summed E-state index contributed by atoms with van der Waals surface area (Å²) in [5.74, 6) is 0. The molecule has 0 radical (unpaired) electrons. The smallest absolute Gasteiger partial charge is 0.0704 e. The molecule has 1 aliphatic rings. The lowest BCUT2D eigenvalue weighted by molar-refractivity contribution is -0.0287. The molecular weight excluding hydrogens is 258 g/mol. The molecule has 5 heteroatoms. The number of ether oxygens (including phenoxy) is 4. The van der Waals surface area contributed by atoms with Crippen LogP contribution in [0.1, 0.15) is 32.6 Å². The third-order valence-corrected chi connectivity index (χ3v) is 3.50. The highest BCUT2D eigenvalue weighted by Crippen LogP contribution is 2.20. The van der Waals surface area contributed by atoms with Crippen LogP contribution in [-0.2, 0) is 18.9 Å². The largest absolute Gasteiger partial charge is 0.382 e. The molecule has 0 aromatic heterocycles. The molecule has 0 amide bonds. The Morgan fingerprint density at radius 3 is 2.35 bits per heavy atom. The lowest BCUT2D eigenvalue weighted by atomic mass is 9.93. The highest BCUT2D eigenvalue weighted by Gasteiger charge is 2.21. The molecule has 1 saturated carbocycles. The fraction of sp³-hybridized carbons (Fsp3) is 1.00. The Balaban J connectivity index is 1.88. The Morgan fingerprint density at radius 2 is 1.65 bits per heavy atom. The van der Waals surface area contributed by atoms with Crippen LogP contribution in [0.15, 0.2) is 0 Å². The van der Waals surface area contributed by atoms with Crippen molar-refractivity contribution in [2.24, 2.45) is 0 Å². The topological polar surface area (TPSA) is 49.0 Å². The lowest BCUT2D eigenvalue weighted by Gasteiger charge is -2.29. The van der Waals surface area contributed by atoms with Crippen LogP contribution in [0, 0.1) is 0 Å². The zero-order chi connectivity index (χ0) is 14.5. The number of rotatable bonds is 12. The first kappa shape index (κ1) is 17.9. The van der Waals surface area contributed by atoms with Crippen LogP contribution in [0.5, 0.6) is 0 Å². The summed E-state index contributed by atoms with van der Waals surface area (Å²) in [4.78, 5) is 0. The Labute approximate surface area is 123 Å². The van der Waals surface area contributed by atoms with Gasteiger partial charge >= 0.3 is 0 Å². The second kappa shape index (κ2) is 12.5. The molecule has 1 rings (SSSR count). The standard InChI is InChI=1S/C15H31NO4/c1-3-16-14-5-4-6-15(13-14)20-12-11-19-10-9-18-8-7-17-2/h14-16H,3-13H2,1-2H3. The van der Waals surface area contributed by atoms with Crippen LogP contribution in [0.2, 0.25) is 0 Å². The summed E-state index contributed by atoms with van der Waals surface area (Å²) in [7, 11) is 1.67. The lowest BCUT2D eigenvalue weighted by Crippen LogP contribution is -2.37. The van der Waals surface area contributed by atoms with Crippen molar-refractivity contribution >= 4 is 0 Å². The molecule has 5 nitrogen and oxygen atoms in total. The normalized spacial score (nSPS) is 23.1. The Kier molecular flexibility index (Phi) is 11.2. The van der Waals surface area contributed by atoms with Gasteiger partial charge in [0.25, 0.3) is 0 Å². The van der Waals surface area contributed by atoms with Crippen molar-refractivity contribution in [3.63, 3.8) is 0 Å². The van der Waals surface area contributed by atoms with E-state index >= 15 is 0 Å². The summed E-state index contributed by atoms with van der Waals surface area (Å²) < 4.78 is 21.6. The summed E-state index contributed by atoms with van der Waals surface area (Å²) in [5.41, 5.74) is 0. The Morgan fingerprint density at radius 1 is 0.950 bits per heavy atom. The molecule has 2 unspecified atom stereocenters. The highest BCUT2D eigenvalue weighted by molar-refractivity contribution is 4.77. The summed E-state index contributed by atoms with van der Waals surface area (Å²) in [5, 5.41) is 3.51. The van der Waals surface area contributed by atoms with Crippen molar-refractivity contribution in [3.8, 4) is 0 Å². The van der Waals surface area contributed by atoms with E-state index in [1.165, 1.54) is 19.3 Å². The molecule has 1 aliphatic carbocycles. The molecule has 0 heterocycles. The molecule has 20 heavy (non-hydrogen) atoms. The third kappa shape index (κ3) is 8.87. The first-order valence-corrected chi connectivity index (χ1v) is 7.86. The van der Waals surface area contributed by atoms with Crippen molar-refractivity contribution in [2.75, 3.05) is 53.3 Å². The Hall–Kier alpha value is -0.200. The van der Waals surface area contributed by atoms with Gasteiger partial charge in [-0.15, -0.1) is 0 Å². The quantitative estimate of drug-likeness (QED) is 0.553. The summed E-state index contributed by atoms with van der Waals surface area (Å²) in [6, 6.07) is 0.633. The van der Waals surface area contributed by atoms with Crippen LogP contribution in [0.3, 0.4) is 0 Å². The SMILES string of the molecule is CCNC1CCCC(OCCOCCOCCOC)C1. The summed E-state index contributed by atoms with van der Waals surface area (Å²) in [6.07, 6.45) is 5.25. The van der Waals surface area contributed by atoms with Gasteiger partial charge in [-0.3, -0.25) is 0 Å². The van der Waals surface area contributed by atoms with Crippen LogP contribution >= 0.6 is 0 Å². The van der Waals surface area contributed by atoms with Crippen LogP contribution in [0.4, 0.5) is 0 Å². The van der Waals surface area contributed by atoms with E-state index in [9.17, 15) is 0 Å². The van der Waals surface area contributed by atoms with Gasteiger partial charge in [0.1, 0.15) is 0 Å². The molecule has 0 aromatic rings. The van der Waals surface area contributed by atoms with Crippen LogP contribution in [0.25, 0.3) is 0 Å². The van der Waals surface area contributed by atoms with Gasteiger partial charge in [-0.25, -0.2) is 0 Å². The molecule has 0 aromatic carbocycles. The molecule has 2 atom stereocenters. The van der Waals surface area contributed by atoms with Gasteiger partial charge in [-0.05, 0) is 32.2 Å². The van der Waals surface area contributed by atoms with Gasteiger partial charge in [0.2, 0.25) is 0 Å². The van der Waals surface area contributed by atoms with E-state index in [0.29, 0.717) is 51.8 Å². The molecule has 0 saturated heterocycles. The van der Waals surface area contributed by atoms with Crippen molar-refractivity contribution in [2.45, 2.75) is 44.8 Å². The first-order valence-electron chi connectivity index (χ1n) is 7.86. The molecule has 0 bridgehead atoms. The van der Waals surface area contributed by atoms with Gasteiger partial charge in [-0.2, -0.15) is 0 Å². The number of nitrogens with one attached hydrogen (secondary N) is 1. The van der Waals surface area contributed by atoms with E-state index in [4.69, 9.17) is 18.9 Å². The van der Waals surface area contributed by atoms with E-state index in [1.54, 1.807) is 7.11 Å². The fourth-order valence-electron chi connectivity index (χ4n) is 2.51. The number of hydrogen-bond donors (Lipinski definition) is 1. The predicted octanol–water partition coefficient (Wildman–Crippen LogP) is 1.60. The maximum atomic E-state index is 5.88. The third-order valence-electron chi connectivity index (χ3n) is 3.50. The van der Waals surface area contributed by atoms with E-state index in [2.05, 4.69) is 12.2 Å². The number of methoxy groups -OCH3 is 1. The second-order valence-electron chi connectivity index (χ2n) is 5.13. The maximum Gasteiger partial charge on any atom is 0.0704 e. The molecule has 1 fully saturated rings. The summed E-state index contributed by atoms with van der Waals surface area (Å²) in [6.45, 7) is 7.04. The van der Waals surface area contributed by atoms with E-state index < -0.39 is 0 Å². The monoisotopic (exact) mass is 289 g/mol. The van der Waals surface area contributed by atoms with E-state index in [1.807, 2.05) is 0 Å². The average molecular weight is 289 g/mol. The summed E-state index contributed by atoms with van der Waals surface area (Å²) >= 11 is 0. The van der Waals surface area contributed by atoms with Crippen molar-refractivity contribution in [1.82, 2.24) is 5.32 Å². The first-order chi connectivity index (χ1) is 9.86. The maximum absolute atomic E-state index is 5.88. The molecule has 0 aliphatic heterocycles. The van der Waals surface area contributed by atoms with Crippen molar-refractivity contribution in [3.05, 3.63) is 0 Å². The highest BCUT2D eigenvalue weighted by atomic mass is 16.6. The van der Waals surface area contributed by atoms with Gasteiger partial charge < -0.3 is 24.3 Å². The molecule has 0 spiro atoms. The predicted molar refractivity (Wildman–Crippen MR) is 79.2 cm³/mol. The zero-order valence-electron chi connectivity index (χ0n) is 13.1. The van der Waals surface area contributed by atoms with Gasteiger partial charge in [0.15, 0.2) is 0 Å². The fourth-order valence-corrected chi connectivity index (χ4v) is 2.51. The number of hydrogen-bond acceptors (Lipinski definition) is 5. The molecule has 1 N–H and O–H groups in total. The second-order valence-corrected chi connectivity index (χ2v) is 5.13. The van der Waals surface area contributed by atoms with Gasteiger partial charge in [0, 0.05) is 13.2 Å². The van der Waals surface area contributed by atoms with Crippen molar-refractivity contribution in [1.29, 1.82) is 0 Å². The molecular formula is C15H31NO4. The van der Waals surface area contributed by atoms with Crippen molar-refractivity contribution < 1.29 is 18.9 Å². The minimum atomic E-state index is 0.398. The van der Waals surface area contributed by atoms with E-state index in [0.717, 1.165) is 13.0 Å². The van der Waals surface area contributed by atoms with Crippen LogP contribution < -0.4 is 5.32 Å². The minimum absolute atomic E-state index is 0.398. The average Bonchev–Trinajstić information content (AvgIpc) is 2.46. The van der Waals surface area contributed by atoms with E-state index in [-0.39, 0.29) is 0 Å². The zero-order valence-corrected chi connectivity index (χ0v) is 13.1.